The molecule has 0 aliphatic heterocycles. The van der Waals surface area contributed by atoms with Crippen molar-refractivity contribution in [3.05, 3.63) is 0 Å². The lowest BCUT2D eigenvalue weighted by Gasteiger charge is -2.35. The molecule has 0 fully saturated rings. The Labute approximate surface area is 87.1 Å². The van der Waals surface area contributed by atoms with E-state index in [9.17, 15) is 0 Å². The molecule has 0 aromatic carbocycles. The quantitative estimate of drug-likeness (QED) is 0.480. The summed E-state index contributed by atoms with van der Waals surface area (Å²) in [5.41, 5.74) is 0. The van der Waals surface area contributed by atoms with Crippen LogP contribution < -0.4 is 0 Å². The highest BCUT2D eigenvalue weighted by atomic mass is 35.7. The Morgan fingerprint density at radius 2 is 1.67 bits per heavy atom. The molecule has 0 aromatic rings. The molecule has 0 nitrogen and oxygen atoms in total. The number of halogens is 2. The van der Waals surface area contributed by atoms with E-state index in [1.54, 1.807) is 0 Å². The number of hydrogen-bond donors (Lipinski definition) is 0. The zero-order valence-electron chi connectivity index (χ0n) is 8.75. The Morgan fingerprint density at radius 3 is 1.92 bits per heavy atom. The fourth-order valence-electron chi connectivity index (χ4n) is 1.05. The van der Waals surface area contributed by atoms with E-state index in [0.717, 1.165) is 12.5 Å². The van der Waals surface area contributed by atoms with Crippen molar-refractivity contribution >= 4 is 28.9 Å². The summed E-state index contributed by atoms with van der Waals surface area (Å²) in [7, 11) is 0. The Balaban J connectivity index is 4.37. The largest absolute Gasteiger partial charge is 0.257 e. The van der Waals surface area contributed by atoms with E-state index < -0.39 is 6.69 Å². The molecule has 0 rings (SSSR count). The average Bonchev–Trinajstić information content (AvgIpc) is 1.84. The zero-order valence-corrected chi connectivity index (χ0v) is 11.3. The van der Waals surface area contributed by atoms with Crippen LogP contribution in [0, 0.1) is 5.92 Å². The first-order chi connectivity index (χ1) is 5.23. The topological polar surface area (TPSA) is 0 Å². The van der Waals surface area contributed by atoms with E-state index in [0.29, 0.717) is 5.92 Å². The molecule has 0 aromatic heterocycles. The summed E-state index contributed by atoms with van der Waals surface area (Å²) in [6.07, 6.45) is 1.07. The van der Waals surface area contributed by atoms with Gasteiger partial charge in [0.1, 0.15) is 0 Å². The summed E-state index contributed by atoms with van der Waals surface area (Å²) in [6, 6.07) is 0.997. The molecule has 0 N–H and O–H groups in total. The molecule has 0 aliphatic carbocycles. The van der Waals surface area contributed by atoms with Crippen molar-refractivity contribution < 1.29 is 0 Å². The van der Waals surface area contributed by atoms with Gasteiger partial charge >= 0.3 is 0 Å². The lowest BCUT2D eigenvalue weighted by molar-refractivity contribution is 0.613. The SMILES string of the molecule is CCC(C)(C)[Si](Cl)(Cl)CC(C)C. The van der Waals surface area contributed by atoms with Gasteiger partial charge in [-0.25, -0.2) is 0 Å². The molecular formula is C9H20Cl2Si. The van der Waals surface area contributed by atoms with Crippen molar-refractivity contribution in [3.8, 4) is 0 Å². The van der Waals surface area contributed by atoms with Gasteiger partial charge in [-0.15, -0.1) is 22.2 Å². The molecule has 12 heavy (non-hydrogen) atoms. The molecular weight excluding hydrogens is 207 g/mol. The molecule has 0 amide bonds. The summed E-state index contributed by atoms with van der Waals surface area (Å²) in [5.74, 6) is 0.609. The minimum absolute atomic E-state index is 0.139. The second kappa shape index (κ2) is 4.34. The normalized spacial score (nSPS) is 14.0. The predicted molar refractivity (Wildman–Crippen MR) is 61.4 cm³/mol. The molecule has 0 heterocycles. The standard InChI is InChI=1S/C9H20Cl2Si/c1-6-9(4,5)12(10,11)7-8(2)3/h8H,6-7H2,1-5H3. The molecule has 0 bridgehead atoms. The fourth-order valence-corrected chi connectivity index (χ4v) is 5.80. The van der Waals surface area contributed by atoms with Crippen LogP contribution in [0.3, 0.4) is 0 Å². The molecule has 74 valence electrons. The highest BCUT2D eigenvalue weighted by molar-refractivity contribution is 7.46. The van der Waals surface area contributed by atoms with Crippen LogP contribution in [0.5, 0.6) is 0 Å². The molecule has 0 radical (unpaired) electrons. The van der Waals surface area contributed by atoms with Crippen LogP contribution in [-0.4, -0.2) is 6.69 Å². The monoisotopic (exact) mass is 226 g/mol. The number of rotatable bonds is 4. The Bertz CT molecular complexity index is 141. The van der Waals surface area contributed by atoms with Crippen LogP contribution in [0.25, 0.3) is 0 Å². The van der Waals surface area contributed by atoms with Crippen molar-refractivity contribution in [1.82, 2.24) is 0 Å². The van der Waals surface area contributed by atoms with Crippen LogP contribution in [-0.2, 0) is 0 Å². The summed E-state index contributed by atoms with van der Waals surface area (Å²) in [4.78, 5) is 0. The smallest absolute Gasteiger partial charge is 0.145 e. The van der Waals surface area contributed by atoms with Gasteiger partial charge in [0.15, 0.2) is 0 Å². The van der Waals surface area contributed by atoms with Gasteiger partial charge in [0, 0.05) is 0 Å². The van der Waals surface area contributed by atoms with E-state index in [1.165, 1.54) is 0 Å². The first-order valence-electron chi connectivity index (χ1n) is 4.61. The Hall–Kier alpha value is 0.797. The minimum atomic E-state index is -2.05. The van der Waals surface area contributed by atoms with Gasteiger partial charge in [-0.05, 0) is 17.0 Å². The van der Waals surface area contributed by atoms with Gasteiger partial charge in [0.05, 0.1) is 0 Å². The van der Waals surface area contributed by atoms with E-state index >= 15 is 0 Å². The van der Waals surface area contributed by atoms with Crippen LogP contribution in [0.15, 0.2) is 0 Å². The molecule has 0 unspecified atom stereocenters. The molecule has 0 spiro atoms. The van der Waals surface area contributed by atoms with E-state index in [1.807, 2.05) is 0 Å². The fraction of sp³-hybridized carbons (Fsp3) is 1.00. The van der Waals surface area contributed by atoms with Crippen molar-refractivity contribution in [2.45, 2.75) is 52.1 Å². The second-order valence-corrected chi connectivity index (χ2v) is 12.2. The second-order valence-electron chi connectivity index (χ2n) is 4.54. The van der Waals surface area contributed by atoms with Gasteiger partial charge in [-0.3, -0.25) is 0 Å². The third kappa shape index (κ3) is 3.27. The van der Waals surface area contributed by atoms with E-state index in [-0.39, 0.29) is 5.04 Å². The summed E-state index contributed by atoms with van der Waals surface area (Å²) in [5, 5.41) is 0.139. The molecule has 0 aliphatic rings. The van der Waals surface area contributed by atoms with Gasteiger partial charge in [-0.2, -0.15) is 0 Å². The van der Waals surface area contributed by atoms with Crippen LogP contribution >= 0.6 is 22.2 Å². The van der Waals surface area contributed by atoms with E-state index in [2.05, 4.69) is 34.6 Å². The third-order valence-electron chi connectivity index (χ3n) is 2.54. The molecule has 0 atom stereocenters. The maximum atomic E-state index is 6.43. The first-order valence-corrected chi connectivity index (χ1v) is 8.84. The number of hydrogen-bond acceptors (Lipinski definition) is 0. The van der Waals surface area contributed by atoms with Crippen LogP contribution in [0.2, 0.25) is 11.1 Å². The van der Waals surface area contributed by atoms with Crippen molar-refractivity contribution in [2.75, 3.05) is 0 Å². The first kappa shape index (κ1) is 12.8. The third-order valence-corrected chi connectivity index (χ3v) is 10.2. The van der Waals surface area contributed by atoms with E-state index in [4.69, 9.17) is 22.2 Å². The van der Waals surface area contributed by atoms with Crippen LogP contribution in [0.4, 0.5) is 0 Å². The maximum absolute atomic E-state index is 6.43. The van der Waals surface area contributed by atoms with Crippen molar-refractivity contribution in [1.29, 1.82) is 0 Å². The van der Waals surface area contributed by atoms with Gasteiger partial charge in [-0.1, -0.05) is 41.0 Å². The summed E-state index contributed by atoms with van der Waals surface area (Å²) >= 11 is 12.9. The zero-order chi connectivity index (χ0) is 9.99. The molecule has 0 saturated carbocycles. The maximum Gasteiger partial charge on any atom is 0.257 e. The lowest BCUT2D eigenvalue weighted by atomic mass is 10.1. The van der Waals surface area contributed by atoms with Crippen LogP contribution in [0.1, 0.15) is 41.0 Å². The van der Waals surface area contributed by atoms with Gasteiger partial charge in [0.25, 0.3) is 6.69 Å². The van der Waals surface area contributed by atoms with Gasteiger partial charge < -0.3 is 0 Å². The lowest BCUT2D eigenvalue weighted by Crippen LogP contribution is -2.34. The predicted octanol–water partition coefficient (Wildman–Crippen LogP) is 4.75. The Kier molecular flexibility index (Phi) is 4.63. The summed E-state index contributed by atoms with van der Waals surface area (Å²) in [6.45, 7) is 8.83. The summed E-state index contributed by atoms with van der Waals surface area (Å²) < 4.78 is 0. The van der Waals surface area contributed by atoms with Crippen molar-refractivity contribution in [2.24, 2.45) is 5.92 Å². The average molecular weight is 227 g/mol. The minimum Gasteiger partial charge on any atom is -0.145 e. The Morgan fingerprint density at radius 1 is 1.25 bits per heavy atom. The highest BCUT2D eigenvalue weighted by Crippen LogP contribution is 2.48. The van der Waals surface area contributed by atoms with Gasteiger partial charge in [0.2, 0.25) is 0 Å². The molecule has 0 saturated heterocycles. The van der Waals surface area contributed by atoms with Crippen molar-refractivity contribution in [3.63, 3.8) is 0 Å². The molecule has 3 heteroatoms. The highest BCUT2D eigenvalue weighted by Gasteiger charge is 2.44.